The van der Waals surface area contributed by atoms with Gasteiger partial charge < -0.3 is 20.7 Å². The van der Waals surface area contributed by atoms with Crippen LogP contribution in [0.4, 0.5) is 11.4 Å². The molecule has 0 fully saturated rings. The minimum Gasteiger partial charge on any atom is -0.494 e. The maximum Gasteiger partial charge on any atom is 0.270 e. The standard InChI is InChI=1S/C22H25Cl3N4O4S/c1-2-3-4-5-13-33-18-11-9-16(10-12-18)26-21(34)28-20(22(23,24)25)27-19(30)15-7-6-8-17(14-15)29(31)32/h6-12,14,20H,2-5,13H2,1H3,(H,27,30)(H2,26,28,34). The number of halogens is 3. The fourth-order valence-electron chi connectivity index (χ4n) is 2.83. The highest BCUT2D eigenvalue weighted by atomic mass is 35.6. The van der Waals surface area contributed by atoms with E-state index in [0.29, 0.717) is 12.3 Å². The largest absolute Gasteiger partial charge is 0.494 e. The first-order chi connectivity index (χ1) is 16.1. The van der Waals surface area contributed by atoms with Gasteiger partial charge in [-0.05, 0) is 49.0 Å². The summed E-state index contributed by atoms with van der Waals surface area (Å²) in [4.78, 5) is 22.9. The summed E-state index contributed by atoms with van der Waals surface area (Å²) in [5.74, 6) is 0.0556. The van der Waals surface area contributed by atoms with Gasteiger partial charge in [-0.15, -0.1) is 0 Å². The van der Waals surface area contributed by atoms with Crippen molar-refractivity contribution in [1.82, 2.24) is 10.6 Å². The second-order valence-corrected chi connectivity index (χ2v) is 10.1. The van der Waals surface area contributed by atoms with Crippen LogP contribution in [-0.2, 0) is 0 Å². The number of anilines is 1. The number of amides is 1. The Morgan fingerprint density at radius 2 is 1.82 bits per heavy atom. The number of non-ortho nitro benzene ring substituents is 1. The van der Waals surface area contributed by atoms with Crippen LogP contribution in [0.1, 0.15) is 43.0 Å². The van der Waals surface area contributed by atoms with Gasteiger partial charge in [0.2, 0.25) is 3.79 Å². The molecule has 2 aromatic carbocycles. The van der Waals surface area contributed by atoms with Gasteiger partial charge >= 0.3 is 0 Å². The van der Waals surface area contributed by atoms with E-state index < -0.39 is 20.8 Å². The maximum atomic E-state index is 12.6. The molecule has 1 amide bonds. The number of unbranched alkanes of at least 4 members (excludes halogenated alkanes) is 3. The molecular formula is C22H25Cl3N4O4S. The second kappa shape index (κ2) is 13.5. The molecule has 0 saturated heterocycles. The van der Waals surface area contributed by atoms with Gasteiger partial charge in [0, 0.05) is 23.4 Å². The van der Waals surface area contributed by atoms with Crippen LogP contribution >= 0.6 is 47.0 Å². The van der Waals surface area contributed by atoms with Gasteiger partial charge in [-0.2, -0.15) is 0 Å². The van der Waals surface area contributed by atoms with Crippen molar-refractivity contribution in [2.45, 2.75) is 42.6 Å². The average Bonchev–Trinajstić information content (AvgIpc) is 2.79. The van der Waals surface area contributed by atoms with E-state index >= 15 is 0 Å². The van der Waals surface area contributed by atoms with Crippen molar-refractivity contribution in [3.8, 4) is 5.75 Å². The first-order valence-corrected chi connectivity index (χ1v) is 12.1. The first-order valence-electron chi connectivity index (χ1n) is 10.5. The number of ether oxygens (including phenoxy) is 1. The zero-order chi connectivity index (χ0) is 25.1. The lowest BCUT2D eigenvalue weighted by Crippen LogP contribution is -2.56. The van der Waals surface area contributed by atoms with Crippen molar-refractivity contribution in [3.63, 3.8) is 0 Å². The molecule has 3 N–H and O–H groups in total. The van der Waals surface area contributed by atoms with E-state index in [4.69, 9.17) is 51.8 Å². The minimum atomic E-state index is -1.97. The Labute approximate surface area is 218 Å². The molecule has 0 aromatic heterocycles. The molecule has 0 aliphatic heterocycles. The number of nitrogens with one attached hydrogen (secondary N) is 3. The van der Waals surface area contributed by atoms with Crippen LogP contribution in [0.2, 0.25) is 0 Å². The van der Waals surface area contributed by atoms with Crippen LogP contribution in [0.25, 0.3) is 0 Å². The summed E-state index contributed by atoms with van der Waals surface area (Å²) in [6.07, 6.45) is 3.28. The number of hydrogen-bond acceptors (Lipinski definition) is 5. The third-order valence-corrected chi connectivity index (χ3v) is 5.45. The number of alkyl halides is 3. The number of nitro benzene ring substituents is 1. The first kappa shape index (κ1) is 27.9. The molecule has 8 nitrogen and oxygen atoms in total. The molecule has 34 heavy (non-hydrogen) atoms. The Kier molecular flexibility index (Phi) is 11.1. The molecule has 0 aliphatic rings. The minimum absolute atomic E-state index is 0.0272. The summed E-state index contributed by atoms with van der Waals surface area (Å²) < 4.78 is 3.74. The van der Waals surface area contributed by atoms with E-state index in [0.717, 1.165) is 24.7 Å². The van der Waals surface area contributed by atoms with E-state index in [1.54, 1.807) is 24.3 Å². The van der Waals surface area contributed by atoms with E-state index in [1.165, 1.54) is 31.0 Å². The Hall–Kier alpha value is -2.33. The molecule has 1 atom stereocenters. The Balaban J connectivity index is 1.95. The van der Waals surface area contributed by atoms with Gasteiger partial charge in [0.1, 0.15) is 11.9 Å². The van der Waals surface area contributed by atoms with Gasteiger partial charge in [-0.1, -0.05) is 67.1 Å². The smallest absolute Gasteiger partial charge is 0.270 e. The zero-order valence-corrected chi connectivity index (χ0v) is 21.4. The third-order valence-electron chi connectivity index (χ3n) is 4.58. The highest BCUT2D eigenvalue weighted by Crippen LogP contribution is 2.29. The van der Waals surface area contributed by atoms with Crippen LogP contribution in [0, 0.1) is 10.1 Å². The third kappa shape index (κ3) is 9.50. The number of rotatable bonds is 11. The molecule has 12 heteroatoms. The van der Waals surface area contributed by atoms with E-state index in [9.17, 15) is 14.9 Å². The summed E-state index contributed by atoms with van der Waals surface area (Å²) in [5, 5.41) is 19.2. The van der Waals surface area contributed by atoms with Crippen LogP contribution < -0.4 is 20.7 Å². The van der Waals surface area contributed by atoms with Gasteiger partial charge in [0.25, 0.3) is 11.6 Å². The lowest BCUT2D eigenvalue weighted by atomic mass is 10.2. The Morgan fingerprint density at radius 1 is 1.12 bits per heavy atom. The van der Waals surface area contributed by atoms with E-state index in [1.807, 2.05) is 0 Å². The molecule has 0 bridgehead atoms. The average molecular weight is 548 g/mol. The van der Waals surface area contributed by atoms with Crippen molar-refractivity contribution >= 4 is 69.4 Å². The maximum absolute atomic E-state index is 12.6. The van der Waals surface area contributed by atoms with Gasteiger partial charge in [-0.3, -0.25) is 14.9 Å². The number of carbonyl (C=O) groups is 1. The Morgan fingerprint density at radius 3 is 2.44 bits per heavy atom. The molecule has 0 saturated carbocycles. The van der Waals surface area contributed by atoms with Gasteiger partial charge in [-0.25, -0.2) is 0 Å². The fourth-order valence-corrected chi connectivity index (χ4v) is 3.39. The molecule has 0 aliphatic carbocycles. The molecule has 184 valence electrons. The normalized spacial score (nSPS) is 11.9. The predicted molar refractivity (Wildman–Crippen MR) is 140 cm³/mol. The Bertz CT molecular complexity index is 987. The lowest BCUT2D eigenvalue weighted by molar-refractivity contribution is -0.384. The van der Waals surface area contributed by atoms with Gasteiger partial charge in [0.15, 0.2) is 5.11 Å². The number of nitrogens with zero attached hydrogens (tertiary/aromatic N) is 1. The fraction of sp³-hybridized carbons (Fsp3) is 0.364. The molecule has 0 radical (unpaired) electrons. The summed E-state index contributed by atoms with van der Waals surface area (Å²) >= 11 is 23.3. The van der Waals surface area contributed by atoms with Crippen molar-refractivity contribution in [3.05, 3.63) is 64.2 Å². The zero-order valence-electron chi connectivity index (χ0n) is 18.4. The highest BCUT2D eigenvalue weighted by molar-refractivity contribution is 7.80. The van der Waals surface area contributed by atoms with Crippen molar-refractivity contribution in [2.24, 2.45) is 0 Å². The number of nitro groups is 1. The van der Waals surface area contributed by atoms with Gasteiger partial charge in [0.05, 0.1) is 11.5 Å². The summed E-state index contributed by atoms with van der Waals surface area (Å²) in [6.45, 7) is 2.81. The van der Waals surface area contributed by atoms with Crippen molar-refractivity contribution < 1.29 is 14.5 Å². The van der Waals surface area contributed by atoms with Crippen LogP contribution in [0.15, 0.2) is 48.5 Å². The number of carbonyl (C=O) groups excluding carboxylic acids is 1. The monoisotopic (exact) mass is 546 g/mol. The molecule has 0 heterocycles. The number of thiocarbonyl (C=S) groups is 1. The lowest BCUT2D eigenvalue weighted by Gasteiger charge is -2.27. The SMILES string of the molecule is CCCCCCOc1ccc(NC(=S)NC(NC(=O)c2cccc([N+](=O)[O-])c2)C(Cl)(Cl)Cl)cc1. The quantitative estimate of drug-likeness (QED) is 0.0795. The molecule has 1 unspecified atom stereocenters. The topological polar surface area (TPSA) is 106 Å². The second-order valence-electron chi connectivity index (χ2n) is 7.29. The van der Waals surface area contributed by atoms with E-state index in [-0.39, 0.29) is 16.4 Å². The highest BCUT2D eigenvalue weighted by Gasteiger charge is 2.35. The molecular weight excluding hydrogens is 523 g/mol. The number of benzene rings is 2. The molecule has 2 aromatic rings. The van der Waals surface area contributed by atoms with E-state index in [2.05, 4.69) is 22.9 Å². The van der Waals surface area contributed by atoms with Crippen molar-refractivity contribution in [2.75, 3.05) is 11.9 Å². The van der Waals surface area contributed by atoms with Crippen LogP contribution in [0.5, 0.6) is 5.75 Å². The van der Waals surface area contributed by atoms with Crippen LogP contribution in [0.3, 0.4) is 0 Å². The van der Waals surface area contributed by atoms with Crippen LogP contribution in [-0.4, -0.2) is 32.5 Å². The predicted octanol–water partition coefficient (Wildman–Crippen LogP) is 5.97. The summed E-state index contributed by atoms with van der Waals surface area (Å²) in [7, 11) is 0. The number of hydrogen-bond donors (Lipinski definition) is 3. The molecule has 2 rings (SSSR count). The van der Waals surface area contributed by atoms with Crippen molar-refractivity contribution in [1.29, 1.82) is 0 Å². The summed E-state index contributed by atoms with van der Waals surface area (Å²) in [5.41, 5.74) is 0.444. The molecule has 0 spiro atoms. The summed E-state index contributed by atoms with van der Waals surface area (Å²) in [6, 6.07) is 12.3.